The van der Waals surface area contributed by atoms with Gasteiger partial charge in [-0.05, 0) is 38.2 Å². The van der Waals surface area contributed by atoms with E-state index in [1.54, 1.807) is 0 Å². The Morgan fingerprint density at radius 2 is 1.81 bits per heavy atom. The lowest BCUT2D eigenvalue weighted by Crippen LogP contribution is -2.29. The summed E-state index contributed by atoms with van der Waals surface area (Å²) in [7, 11) is 6.26. The molecule has 0 fully saturated rings. The van der Waals surface area contributed by atoms with Crippen molar-refractivity contribution in [3.8, 4) is 0 Å². The van der Waals surface area contributed by atoms with Gasteiger partial charge < -0.3 is 15.5 Å². The zero-order chi connectivity index (χ0) is 12.1. The summed E-state index contributed by atoms with van der Waals surface area (Å²) >= 11 is 0. The van der Waals surface area contributed by atoms with E-state index >= 15 is 0 Å². The highest BCUT2D eigenvalue weighted by atomic mass is 15.2. The van der Waals surface area contributed by atoms with E-state index in [2.05, 4.69) is 50.0 Å². The van der Waals surface area contributed by atoms with E-state index < -0.39 is 0 Å². The summed E-state index contributed by atoms with van der Waals surface area (Å²) in [6.07, 6.45) is 1.05. The Bertz CT molecular complexity index is 334. The topological polar surface area (TPSA) is 32.5 Å². The van der Waals surface area contributed by atoms with E-state index in [9.17, 15) is 0 Å². The Balaban J connectivity index is 2.76. The Morgan fingerprint density at radius 1 is 1.12 bits per heavy atom. The molecular formula is C13H23N3. The molecule has 1 aromatic carbocycles. The number of rotatable bonds is 5. The number of nitrogens with two attached hydrogens (primary N) is 1. The molecule has 90 valence electrons. The molecule has 3 heteroatoms. The number of likely N-dealkylation sites (N-methyl/N-ethyl adjacent to an activating group) is 2. The molecule has 3 nitrogen and oxygen atoms in total. The minimum atomic E-state index is 0.860. The van der Waals surface area contributed by atoms with Crippen molar-refractivity contribution in [1.29, 1.82) is 0 Å². The molecule has 0 saturated heterocycles. The quantitative estimate of drug-likeness (QED) is 0.770. The number of benzene rings is 1. The normalized spacial score (nSPS) is 10.8. The Kier molecular flexibility index (Phi) is 4.62. The molecule has 0 heterocycles. The standard InChI is InChI=1S/C13H23N3/c1-5-11-6-7-12(14)13(10-11)16(4)9-8-15(2)3/h6-7,10H,5,8-9,14H2,1-4H3. The van der Waals surface area contributed by atoms with Crippen LogP contribution in [0.1, 0.15) is 12.5 Å². The smallest absolute Gasteiger partial charge is 0.0600 e. The van der Waals surface area contributed by atoms with Crippen LogP contribution >= 0.6 is 0 Å². The molecule has 0 saturated carbocycles. The summed E-state index contributed by atoms with van der Waals surface area (Å²) in [6.45, 7) is 4.19. The summed E-state index contributed by atoms with van der Waals surface area (Å²) in [6, 6.07) is 6.28. The van der Waals surface area contributed by atoms with Crippen LogP contribution in [0.3, 0.4) is 0 Å². The lowest BCUT2D eigenvalue weighted by molar-refractivity contribution is 0.416. The first-order valence-electron chi connectivity index (χ1n) is 5.79. The van der Waals surface area contributed by atoms with Crippen molar-refractivity contribution in [3.63, 3.8) is 0 Å². The van der Waals surface area contributed by atoms with Crippen molar-refractivity contribution < 1.29 is 0 Å². The Labute approximate surface area is 98.8 Å². The summed E-state index contributed by atoms with van der Waals surface area (Å²) in [4.78, 5) is 4.39. The molecule has 0 bridgehead atoms. The van der Waals surface area contributed by atoms with Crippen LogP contribution in [0.2, 0.25) is 0 Å². The van der Waals surface area contributed by atoms with Gasteiger partial charge in [0.25, 0.3) is 0 Å². The largest absolute Gasteiger partial charge is 0.397 e. The molecule has 0 aliphatic heterocycles. The number of nitrogen functional groups attached to an aromatic ring is 1. The summed E-state index contributed by atoms with van der Waals surface area (Å²) in [5.74, 6) is 0. The number of hydrogen-bond acceptors (Lipinski definition) is 3. The average molecular weight is 221 g/mol. The van der Waals surface area contributed by atoms with Gasteiger partial charge in [0.15, 0.2) is 0 Å². The maximum Gasteiger partial charge on any atom is 0.0600 e. The fourth-order valence-electron chi connectivity index (χ4n) is 1.61. The molecule has 1 rings (SSSR count). The molecule has 2 N–H and O–H groups in total. The van der Waals surface area contributed by atoms with Gasteiger partial charge in [0.05, 0.1) is 11.4 Å². The van der Waals surface area contributed by atoms with E-state index in [-0.39, 0.29) is 0 Å². The predicted molar refractivity (Wildman–Crippen MR) is 72.1 cm³/mol. The second-order valence-corrected chi connectivity index (χ2v) is 4.47. The van der Waals surface area contributed by atoms with Crippen LogP contribution in [0.25, 0.3) is 0 Å². The monoisotopic (exact) mass is 221 g/mol. The summed E-state index contributed by atoms with van der Waals surface area (Å²) in [5.41, 5.74) is 9.33. The van der Waals surface area contributed by atoms with Crippen LogP contribution in [0.15, 0.2) is 18.2 Å². The van der Waals surface area contributed by atoms with Crippen LogP contribution in [0.5, 0.6) is 0 Å². The predicted octanol–water partition coefficient (Wildman–Crippen LogP) is 1.83. The van der Waals surface area contributed by atoms with E-state index in [0.29, 0.717) is 0 Å². The molecule has 0 unspecified atom stereocenters. The van der Waals surface area contributed by atoms with E-state index in [0.717, 1.165) is 30.9 Å². The van der Waals surface area contributed by atoms with Crippen molar-refractivity contribution >= 4 is 11.4 Å². The van der Waals surface area contributed by atoms with Gasteiger partial charge in [0, 0.05) is 20.1 Å². The molecule has 0 aliphatic carbocycles. The lowest BCUT2D eigenvalue weighted by Gasteiger charge is -2.23. The Hall–Kier alpha value is -1.22. The van der Waals surface area contributed by atoms with Gasteiger partial charge in [0.2, 0.25) is 0 Å². The van der Waals surface area contributed by atoms with E-state index in [1.807, 2.05) is 6.07 Å². The maximum absolute atomic E-state index is 6.00. The molecule has 0 aromatic heterocycles. The highest BCUT2D eigenvalue weighted by Gasteiger charge is 2.06. The minimum Gasteiger partial charge on any atom is -0.397 e. The highest BCUT2D eigenvalue weighted by molar-refractivity contribution is 5.68. The second kappa shape index (κ2) is 5.75. The van der Waals surface area contributed by atoms with Crippen LogP contribution in [-0.2, 0) is 6.42 Å². The summed E-state index contributed by atoms with van der Waals surface area (Å²) < 4.78 is 0. The first kappa shape index (κ1) is 12.8. The third-order valence-electron chi connectivity index (χ3n) is 2.80. The van der Waals surface area contributed by atoms with Gasteiger partial charge >= 0.3 is 0 Å². The zero-order valence-corrected chi connectivity index (χ0v) is 10.8. The minimum absolute atomic E-state index is 0.860. The highest BCUT2D eigenvalue weighted by Crippen LogP contribution is 2.23. The number of hydrogen-bond donors (Lipinski definition) is 1. The van der Waals surface area contributed by atoms with Crippen LogP contribution in [0, 0.1) is 0 Å². The number of anilines is 2. The van der Waals surface area contributed by atoms with E-state index in [4.69, 9.17) is 5.73 Å². The fraction of sp³-hybridized carbons (Fsp3) is 0.538. The van der Waals surface area contributed by atoms with Crippen molar-refractivity contribution in [3.05, 3.63) is 23.8 Å². The van der Waals surface area contributed by atoms with Gasteiger partial charge in [-0.3, -0.25) is 0 Å². The SMILES string of the molecule is CCc1ccc(N)c(N(C)CCN(C)C)c1. The Morgan fingerprint density at radius 3 is 2.38 bits per heavy atom. The van der Waals surface area contributed by atoms with Gasteiger partial charge in [-0.15, -0.1) is 0 Å². The van der Waals surface area contributed by atoms with Crippen LogP contribution in [-0.4, -0.2) is 39.1 Å². The average Bonchev–Trinajstić information content (AvgIpc) is 2.26. The maximum atomic E-state index is 6.00. The first-order chi connectivity index (χ1) is 7.54. The van der Waals surface area contributed by atoms with Crippen molar-refractivity contribution in [1.82, 2.24) is 4.90 Å². The molecular weight excluding hydrogens is 198 g/mol. The third kappa shape index (κ3) is 3.42. The van der Waals surface area contributed by atoms with Crippen LogP contribution in [0.4, 0.5) is 11.4 Å². The zero-order valence-electron chi connectivity index (χ0n) is 10.8. The molecule has 0 atom stereocenters. The third-order valence-corrected chi connectivity index (χ3v) is 2.80. The molecule has 0 radical (unpaired) electrons. The molecule has 0 spiro atoms. The molecule has 16 heavy (non-hydrogen) atoms. The van der Waals surface area contributed by atoms with Crippen molar-refractivity contribution in [2.75, 3.05) is 44.9 Å². The first-order valence-corrected chi connectivity index (χ1v) is 5.79. The molecule has 0 amide bonds. The fourth-order valence-corrected chi connectivity index (χ4v) is 1.61. The van der Waals surface area contributed by atoms with Crippen molar-refractivity contribution in [2.24, 2.45) is 0 Å². The molecule has 0 aliphatic rings. The molecule has 1 aromatic rings. The van der Waals surface area contributed by atoms with Gasteiger partial charge in [-0.1, -0.05) is 13.0 Å². The van der Waals surface area contributed by atoms with Gasteiger partial charge in [-0.2, -0.15) is 0 Å². The van der Waals surface area contributed by atoms with Crippen LogP contribution < -0.4 is 10.6 Å². The van der Waals surface area contributed by atoms with Crippen molar-refractivity contribution in [2.45, 2.75) is 13.3 Å². The number of nitrogens with zero attached hydrogens (tertiary/aromatic N) is 2. The summed E-state index contributed by atoms with van der Waals surface area (Å²) in [5, 5.41) is 0. The second-order valence-electron chi connectivity index (χ2n) is 4.47. The van der Waals surface area contributed by atoms with Gasteiger partial charge in [-0.25, -0.2) is 0 Å². The number of aryl methyl sites for hydroxylation is 1. The lowest BCUT2D eigenvalue weighted by atomic mass is 10.1. The van der Waals surface area contributed by atoms with E-state index in [1.165, 1.54) is 5.56 Å². The van der Waals surface area contributed by atoms with Gasteiger partial charge in [0.1, 0.15) is 0 Å².